The fourth-order valence-electron chi connectivity index (χ4n) is 11.7. The highest BCUT2D eigenvalue weighted by Crippen LogP contribution is 2.45. The van der Waals surface area contributed by atoms with E-state index in [9.17, 15) is 43.2 Å². The summed E-state index contributed by atoms with van der Waals surface area (Å²) in [5.41, 5.74) is 0. The van der Waals surface area contributed by atoms with Crippen molar-refractivity contribution in [2.24, 2.45) is 5.92 Å². The van der Waals surface area contributed by atoms with Crippen molar-refractivity contribution in [3.63, 3.8) is 0 Å². The first-order valence-corrected chi connectivity index (χ1v) is 42.6. The van der Waals surface area contributed by atoms with E-state index in [0.29, 0.717) is 25.7 Å². The first-order chi connectivity index (χ1) is 46.0. The zero-order valence-corrected chi connectivity index (χ0v) is 63.6. The number of carbonyl (C=O) groups is 4. The average molecular weight is 1400 g/mol. The quantitative estimate of drug-likeness (QED) is 0.0222. The van der Waals surface area contributed by atoms with Crippen LogP contribution >= 0.6 is 15.6 Å². The van der Waals surface area contributed by atoms with Crippen LogP contribution in [0, 0.1) is 5.92 Å². The standard InChI is InChI=1S/C76H148O17P2/c1-6-9-12-15-18-21-24-26-28-29-30-31-33-35-37-40-46-51-56-61-75(80)92-71(65-87-74(79)60-55-50-45-39-36-34-32-27-25-22-19-16-13-10-7-2)67-90-94(82,83)88-63-70(77)64-89-95(84,85)91-68-72(66-86-73(78)59-54-49-44-38-23-20-17-14-11-8-3)93-76(81)62-57-52-47-42-41-43-48-53-58-69(4)5/h69-72,77H,6-68H2,1-5H3,(H,82,83)(H,84,85)/t70-,71-,72-/m1/s1. The van der Waals surface area contributed by atoms with Crippen LogP contribution in [0.3, 0.4) is 0 Å². The van der Waals surface area contributed by atoms with E-state index in [2.05, 4.69) is 34.6 Å². The molecule has 0 aromatic carbocycles. The Bertz CT molecular complexity index is 1820. The van der Waals surface area contributed by atoms with Crippen LogP contribution in [0.4, 0.5) is 0 Å². The Morgan fingerprint density at radius 2 is 0.484 bits per heavy atom. The molecular weight excluding hydrogens is 1250 g/mol. The Hall–Kier alpha value is -1.94. The largest absolute Gasteiger partial charge is 0.472 e. The maximum Gasteiger partial charge on any atom is 0.472 e. The zero-order valence-electron chi connectivity index (χ0n) is 61.8. The Morgan fingerprint density at radius 1 is 0.284 bits per heavy atom. The number of aliphatic hydroxyl groups is 1. The van der Waals surface area contributed by atoms with Gasteiger partial charge in [0.2, 0.25) is 0 Å². The SMILES string of the molecule is CCCCCCCCCCCCCCCCCCCCCC(=O)O[C@H](COC(=O)CCCCCCCCCCCCCCCCC)COP(=O)(O)OC[C@@H](O)COP(=O)(O)OC[C@@H](COC(=O)CCCCCCCCCCCC)OC(=O)CCCCCCCCCCC(C)C. The van der Waals surface area contributed by atoms with E-state index in [1.54, 1.807) is 0 Å². The average Bonchev–Trinajstić information content (AvgIpc) is 1.55. The van der Waals surface area contributed by atoms with Gasteiger partial charge < -0.3 is 33.8 Å². The fourth-order valence-corrected chi connectivity index (χ4v) is 13.3. The minimum absolute atomic E-state index is 0.105. The summed E-state index contributed by atoms with van der Waals surface area (Å²) >= 11 is 0. The van der Waals surface area contributed by atoms with Gasteiger partial charge in [0.05, 0.1) is 26.4 Å². The van der Waals surface area contributed by atoms with Gasteiger partial charge in [0.15, 0.2) is 12.2 Å². The minimum Gasteiger partial charge on any atom is -0.462 e. The smallest absolute Gasteiger partial charge is 0.462 e. The van der Waals surface area contributed by atoms with Gasteiger partial charge in [0, 0.05) is 25.7 Å². The number of unbranched alkanes of at least 4 members (excludes halogenated alkanes) is 48. The van der Waals surface area contributed by atoms with Gasteiger partial charge in [-0.15, -0.1) is 0 Å². The molecule has 0 spiro atoms. The van der Waals surface area contributed by atoms with Crippen LogP contribution in [0.25, 0.3) is 0 Å². The number of phosphoric acid groups is 2. The van der Waals surface area contributed by atoms with Crippen molar-refractivity contribution >= 4 is 39.5 Å². The van der Waals surface area contributed by atoms with Gasteiger partial charge in [-0.05, 0) is 31.6 Å². The molecule has 0 bridgehead atoms. The van der Waals surface area contributed by atoms with Crippen LogP contribution in [0.1, 0.15) is 401 Å². The summed E-state index contributed by atoms with van der Waals surface area (Å²) in [5, 5.41) is 10.6. The summed E-state index contributed by atoms with van der Waals surface area (Å²) in [4.78, 5) is 72.8. The molecule has 0 amide bonds. The van der Waals surface area contributed by atoms with E-state index in [4.69, 9.17) is 37.0 Å². The van der Waals surface area contributed by atoms with Crippen LogP contribution in [-0.2, 0) is 65.4 Å². The summed E-state index contributed by atoms with van der Waals surface area (Å²) in [5.74, 6) is -1.40. The molecule has 0 rings (SSSR count). The molecule has 17 nitrogen and oxygen atoms in total. The van der Waals surface area contributed by atoms with Crippen LogP contribution in [0.15, 0.2) is 0 Å². The van der Waals surface area contributed by atoms with E-state index in [1.807, 2.05) is 0 Å². The van der Waals surface area contributed by atoms with Gasteiger partial charge in [-0.1, -0.05) is 349 Å². The Morgan fingerprint density at radius 3 is 0.716 bits per heavy atom. The number of esters is 4. The second kappa shape index (κ2) is 69.2. The summed E-state index contributed by atoms with van der Waals surface area (Å²) < 4.78 is 68.5. The molecule has 0 fully saturated rings. The Labute approximate surface area is 581 Å². The molecular formula is C76H148O17P2. The van der Waals surface area contributed by atoms with Gasteiger partial charge in [0.25, 0.3) is 0 Å². The number of hydrogen-bond donors (Lipinski definition) is 3. The molecule has 0 aromatic rings. The van der Waals surface area contributed by atoms with Crippen molar-refractivity contribution in [1.29, 1.82) is 0 Å². The second-order valence-electron chi connectivity index (χ2n) is 27.9. The van der Waals surface area contributed by atoms with Crippen molar-refractivity contribution in [1.82, 2.24) is 0 Å². The molecule has 3 N–H and O–H groups in total. The van der Waals surface area contributed by atoms with Gasteiger partial charge in [-0.2, -0.15) is 0 Å². The van der Waals surface area contributed by atoms with Crippen LogP contribution in [0.2, 0.25) is 0 Å². The monoisotopic (exact) mass is 1400 g/mol. The molecule has 0 aliphatic heterocycles. The van der Waals surface area contributed by atoms with Crippen molar-refractivity contribution in [3.05, 3.63) is 0 Å². The summed E-state index contributed by atoms with van der Waals surface area (Å²) in [6.07, 6.45) is 58.3. The van der Waals surface area contributed by atoms with E-state index >= 15 is 0 Å². The highest BCUT2D eigenvalue weighted by atomic mass is 31.2. The number of rotatable bonds is 76. The maximum absolute atomic E-state index is 13.1. The summed E-state index contributed by atoms with van der Waals surface area (Å²) in [7, 11) is -9.91. The lowest BCUT2D eigenvalue weighted by atomic mass is 10.0. The molecule has 0 heterocycles. The molecule has 0 radical (unpaired) electrons. The molecule has 2 unspecified atom stereocenters. The lowest BCUT2D eigenvalue weighted by molar-refractivity contribution is -0.161. The third-order valence-corrected chi connectivity index (χ3v) is 19.7. The lowest BCUT2D eigenvalue weighted by Gasteiger charge is -2.21. The van der Waals surface area contributed by atoms with E-state index < -0.39 is 97.5 Å². The van der Waals surface area contributed by atoms with E-state index in [0.717, 1.165) is 95.8 Å². The third-order valence-electron chi connectivity index (χ3n) is 17.8. The number of ether oxygens (including phenoxy) is 4. The third kappa shape index (κ3) is 70.3. The predicted octanol–water partition coefficient (Wildman–Crippen LogP) is 22.5. The zero-order chi connectivity index (χ0) is 69.8. The van der Waals surface area contributed by atoms with E-state index in [-0.39, 0.29) is 25.7 Å². The normalized spacial score (nSPS) is 13.9. The Balaban J connectivity index is 5.22. The van der Waals surface area contributed by atoms with Crippen molar-refractivity contribution < 1.29 is 80.2 Å². The molecule has 0 saturated heterocycles. The highest BCUT2D eigenvalue weighted by molar-refractivity contribution is 7.47. The number of carbonyl (C=O) groups excluding carboxylic acids is 4. The fraction of sp³-hybridized carbons (Fsp3) is 0.947. The van der Waals surface area contributed by atoms with Crippen molar-refractivity contribution in [2.45, 2.75) is 419 Å². The number of hydrogen-bond acceptors (Lipinski definition) is 15. The molecule has 564 valence electrons. The first kappa shape index (κ1) is 93.1. The van der Waals surface area contributed by atoms with Gasteiger partial charge >= 0.3 is 39.5 Å². The molecule has 0 saturated carbocycles. The molecule has 95 heavy (non-hydrogen) atoms. The van der Waals surface area contributed by atoms with E-state index in [1.165, 1.54) is 225 Å². The van der Waals surface area contributed by atoms with Crippen LogP contribution < -0.4 is 0 Å². The second-order valence-corrected chi connectivity index (χ2v) is 30.8. The topological polar surface area (TPSA) is 237 Å². The summed E-state index contributed by atoms with van der Waals surface area (Å²) in [6, 6.07) is 0. The Kier molecular flexibility index (Phi) is 67.7. The maximum atomic E-state index is 13.1. The molecule has 0 aliphatic rings. The van der Waals surface area contributed by atoms with Gasteiger partial charge in [0.1, 0.15) is 19.3 Å². The molecule has 0 aromatic heterocycles. The van der Waals surface area contributed by atoms with Crippen LogP contribution in [0.5, 0.6) is 0 Å². The van der Waals surface area contributed by atoms with Gasteiger partial charge in [-0.3, -0.25) is 37.3 Å². The van der Waals surface area contributed by atoms with Crippen LogP contribution in [-0.4, -0.2) is 96.7 Å². The minimum atomic E-state index is -4.96. The molecule has 19 heteroatoms. The number of aliphatic hydroxyl groups excluding tert-OH is 1. The summed E-state index contributed by atoms with van der Waals surface area (Å²) in [6.45, 7) is 7.25. The molecule has 0 aliphatic carbocycles. The first-order valence-electron chi connectivity index (χ1n) is 39.6. The molecule has 5 atom stereocenters. The lowest BCUT2D eigenvalue weighted by Crippen LogP contribution is -2.30. The van der Waals surface area contributed by atoms with Crippen molar-refractivity contribution in [2.75, 3.05) is 39.6 Å². The highest BCUT2D eigenvalue weighted by Gasteiger charge is 2.30. The van der Waals surface area contributed by atoms with Crippen molar-refractivity contribution in [3.8, 4) is 0 Å². The predicted molar refractivity (Wildman–Crippen MR) is 386 cm³/mol. The number of phosphoric ester groups is 2. The van der Waals surface area contributed by atoms with Gasteiger partial charge in [-0.25, -0.2) is 9.13 Å².